The fourth-order valence-electron chi connectivity index (χ4n) is 2.18. The maximum absolute atomic E-state index is 13.3. The van der Waals surface area contributed by atoms with Crippen molar-refractivity contribution in [1.82, 2.24) is 5.32 Å². The molecule has 1 unspecified atom stereocenters. The van der Waals surface area contributed by atoms with Gasteiger partial charge in [-0.15, -0.1) is 0 Å². The van der Waals surface area contributed by atoms with Gasteiger partial charge in [0.15, 0.2) is 0 Å². The molecule has 0 radical (unpaired) electrons. The lowest BCUT2D eigenvalue weighted by Crippen LogP contribution is -2.29. The van der Waals surface area contributed by atoms with Crippen LogP contribution in [-0.4, -0.2) is 12.5 Å². The van der Waals surface area contributed by atoms with Crippen molar-refractivity contribution in [1.29, 1.82) is 0 Å². The summed E-state index contributed by atoms with van der Waals surface area (Å²) in [5.74, 6) is 0.0192. The second-order valence-electron chi connectivity index (χ2n) is 4.64. The highest BCUT2D eigenvalue weighted by molar-refractivity contribution is 5.94. The highest BCUT2D eigenvalue weighted by atomic mass is 19.1. The Morgan fingerprint density at radius 3 is 2.75 bits per heavy atom. The largest absolute Gasteiger partial charge is 0.491 e. The van der Waals surface area contributed by atoms with Crippen LogP contribution in [-0.2, 0) is 0 Å². The van der Waals surface area contributed by atoms with Crippen LogP contribution in [0.5, 0.6) is 5.75 Å². The zero-order chi connectivity index (χ0) is 14.1. The molecule has 0 bridgehead atoms. The Balaban J connectivity index is 1.78. The first kappa shape index (κ1) is 12.5. The maximum Gasteiger partial charge on any atom is 0.251 e. The molecule has 3 rings (SSSR count). The Kier molecular flexibility index (Phi) is 3.02. The van der Waals surface area contributed by atoms with Crippen LogP contribution >= 0.6 is 0 Å². The average molecular weight is 272 g/mol. The fraction of sp³-hybridized carbons (Fsp3) is 0.133. The first-order valence-electron chi connectivity index (χ1n) is 6.22. The normalized spacial score (nSPS) is 16.4. The van der Waals surface area contributed by atoms with Gasteiger partial charge in [0, 0.05) is 16.8 Å². The van der Waals surface area contributed by atoms with E-state index >= 15 is 0 Å². The first-order valence-corrected chi connectivity index (χ1v) is 6.22. The van der Waals surface area contributed by atoms with Gasteiger partial charge in [-0.05, 0) is 42.5 Å². The minimum Gasteiger partial charge on any atom is -0.491 e. The number of hydrogen-bond acceptors (Lipinski definition) is 3. The van der Waals surface area contributed by atoms with Crippen LogP contribution in [0.4, 0.5) is 10.1 Å². The van der Waals surface area contributed by atoms with Gasteiger partial charge in [-0.1, -0.05) is 0 Å². The second kappa shape index (κ2) is 4.85. The van der Waals surface area contributed by atoms with E-state index in [2.05, 4.69) is 5.32 Å². The van der Waals surface area contributed by atoms with E-state index in [-0.39, 0.29) is 17.8 Å². The molecule has 0 aromatic heterocycles. The molecule has 5 heteroatoms. The molecule has 102 valence electrons. The standard InChI is InChI=1S/C15H13FN2O2/c16-10-3-6-14-12(7-10)13(8-20-14)18-15(19)9-1-4-11(17)5-2-9/h1-7,13H,8,17H2,(H,18,19). The number of rotatable bonds is 2. The topological polar surface area (TPSA) is 64.4 Å². The summed E-state index contributed by atoms with van der Waals surface area (Å²) in [6.45, 7) is 0.305. The molecule has 20 heavy (non-hydrogen) atoms. The number of ether oxygens (including phenoxy) is 1. The molecule has 0 spiro atoms. The highest BCUT2D eigenvalue weighted by Gasteiger charge is 2.26. The number of hydrogen-bond donors (Lipinski definition) is 2. The summed E-state index contributed by atoms with van der Waals surface area (Å²) < 4.78 is 18.7. The van der Waals surface area contributed by atoms with E-state index in [1.807, 2.05) is 0 Å². The number of fused-ring (bicyclic) bond motifs is 1. The third kappa shape index (κ3) is 2.30. The number of anilines is 1. The van der Waals surface area contributed by atoms with Gasteiger partial charge in [0.2, 0.25) is 0 Å². The van der Waals surface area contributed by atoms with Crippen LogP contribution in [0, 0.1) is 5.82 Å². The number of nitrogen functional groups attached to an aromatic ring is 1. The summed E-state index contributed by atoms with van der Waals surface area (Å²) >= 11 is 0. The van der Waals surface area contributed by atoms with Crippen molar-refractivity contribution in [3.63, 3.8) is 0 Å². The van der Waals surface area contributed by atoms with E-state index in [1.54, 1.807) is 30.3 Å². The molecular formula is C15H13FN2O2. The molecule has 1 aliphatic rings. The van der Waals surface area contributed by atoms with Gasteiger partial charge in [-0.25, -0.2) is 4.39 Å². The maximum atomic E-state index is 13.3. The molecule has 0 fully saturated rings. The minimum absolute atomic E-state index is 0.240. The first-order chi connectivity index (χ1) is 9.63. The molecule has 1 heterocycles. The van der Waals surface area contributed by atoms with E-state index in [9.17, 15) is 9.18 Å². The average Bonchev–Trinajstić information content (AvgIpc) is 2.82. The van der Waals surface area contributed by atoms with Crippen molar-refractivity contribution >= 4 is 11.6 Å². The Labute approximate surface area is 115 Å². The van der Waals surface area contributed by atoms with Gasteiger partial charge in [0.25, 0.3) is 5.91 Å². The van der Waals surface area contributed by atoms with Crippen LogP contribution in [0.25, 0.3) is 0 Å². The Morgan fingerprint density at radius 2 is 2.00 bits per heavy atom. The lowest BCUT2D eigenvalue weighted by molar-refractivity contribution is 0.0930. The SMILES string of the molecule is Nc1ccc(C(=O)NC2COc3ccc(F)cc32)cc1. The zero-order valence-electron chi connectivity index (χ0n) is 10.6. The molecule has 0 aliphatic carbocycles. The molecule has 4 nitrogen and oxygen atoms in total. The molecule has 0 saturated heterocycles. The summed E-state index contributed by atoms with van der Waals surface area (Å²) in [6.07, 6.45) is 0. The van der Waals surface area contributed by atoms with Gasteiger partial charge in [0.05, 0.1) is 6.04 Å². The third-order valence-electron chi connectivity index (χ3n) is 3.23. The molecular weight excluding hydrogens is 259 g/mol. The summed E-state index contributed by atoms with van der Waals surface area (Å²) in [4.78, 5) is 12.1. The van der Waals surface area contributed by atoms with Crippen LogP contribution < -0.4 is 15.8 Å². The van der Waals surface area contributed by atoms with E-state index in [1.165, 1.54) is 12.1 Å². The molecule has 2 aromatic carbocycles. The summed E-state index contributed by atoms with van der Waals surface area (Å²) in [5, 5.41) is 2.83. The number of benzene rings is 2. The predicted octanol–water partition coefficient (Wildman–Crippen LogP) is 2.27. The van der Waals surface area contributed by atoms with E-state index in [0.29, 0.717) is 29.2 Å². The van der Waals surface area contributed by atoms with Gasteiger partial charge in [-0.2, -0.15) is 0 Å². The van der Waals surface area contributed by atoms with E-state index in [4.69, 9.17) is 10.5 Å². The van der Waals surface area contributed by atoms with Crippen LogP contribution in [0.2, 0.25) is 0 Å². The van der Waals surface area contributed by atoms with Gasteiger partial charge in [-0.3, -0.25) is 4.79 Å². The second-order valence-corrected chi connectivity index (χ2v) is 4.64. The summed E-state index contributed by atoms with van der Waals surface area (Å²) in [7, 11) is 0. The molecule has 1 aliphatic heterocycles. The molecule has 3 N–H and O–H groups in total. The van der Waals surface area contributed by atoms with Crippen molar-refractivity contribution in [3.05, 3.63) is 59.4 Å². The zero-order valence-corrected chi connectivity index (χ0v) is 10.6. The third-order valence-corrected chi connectivity index (χ3v) is 3.23. The quantitative estimate of drug-likeness (QED) is 0.824. The molecule has 1 amide bonds. The summed E-state index contributed by atoms with van der Waals surface area (Å²) in [6, 6.07) is 10.6. The van der Waals surface area contributed by atoms with Gasteiger partial charge >= 0.3 is 0 Å². The highest BCUT2D eigenvalue weighted by Crippen LogP contribution is 2.32. The molecule has 0 saturated carbocycles. The number of carbonyl (C=O) groups excluding carboxylic acids is 1. The molecule has 2 aromatic rings. The predicted molar refractivity (Wildman–Crippen MR) is 73.0 cm³/mol. The van der Waals surface area contributed by atoms with Crippen LogP contribution in [0.1, 0.15) is 22.0 Å². The van der Waals surface area contributed by atoms with Crippen molar-refractivity contribution in [2.45, 2.75) is 6.04 Å². The minimum atomic E-state index is -0.346. The van der Waals surface area contributed by atoms with Crippen molar-refractivity contribution in [3.8, 4) is 5.75 Å². The number of carbonyl (C=O) groups is 1. The van der Waals surface area contributed by atoms with E-state index < -0.39 is 0 Å². The van der Waals surface area contributed by atoms with Crippen molar-refractivity contribution < 1.29 is 13.9 Å². The monoisotopic (exact) mass is 272 g/mol. The molecule has 1 atom stereocenters. The Hall–Kier alpha value is -2.56. The lowest BCUT2D eigenvalue weighted by Gasteiger charge is -2.12. The fourth-order valence-corrected chi connectivity index (χ4v) is 2.18. The lowest BCUT2D eigenvalue weighted by atomic mass is 10.1. The Bertz CT molecular complexity index is 655. The van der Waals surface area contributed by atoms with Crippen LogP contribution in [0.3, 0.4) is 0 Å². The Morgan fingerprint density at radius 1 is 1.25 bits per heavy atom. The number of halogens is 1. The smallest absolute Gasteiger partial charge is 0.251 e. The van der Waals surface area contributed by atoms with Crippen molar-refractivity contribution in [2.24, 2.45) is 0 Å². The number of nitrogens with one attached hydrogen (secondary N) is 1. The number of nitrogens with two attached hydrogens (primary N) is 1. The summed E-state index contributed by atoms with van der Waals surface area (Å²) in [5.41, 5.74) is 7.34. The van der Waals surface area contributed by atoms with E-state index in [0.717, 1.165) is 0 Å². The van der Waals surface area contributed by atoms with Gasteiger partial charge in [0.1, 0.15) is 18.2 Å². The van der Waals surface area contributed by atoms with Crippen LogP contribution in [0.15, 0.2) is 42.5 Å². The van der Waals surface area contributed by atoms with Gasteiger partial charge < -0.3 is 15.8 Å². The van der Waals surface area contributed by atoms with Crippen molar-refractivity contribution in [2.75, 3.05) is 12.3 Å². The number of amides is 1.